The number of rotatable bonds is 7. The zero-order valence-electron chi connectivity index (χ0n) is 11.8. The zero-order chi connectivity index (χ0) is 16.7. The number of carbonyl (C=O) groups is 4. The molecule has 0 bridgehead atoms. The molecule has 8 nitrogen and oxygen atoms in total. The average molecular weight is 302 g/mol. The molecule has 0 saturated heterocycles. The van der Waals surface area contributed by atoms with Gasteiger partial charge in [-0.1, -0.05) is 6.92 Å². The summed E-state index contributed by atoms with van der Waals surface area (Å²) in [5.74, 6) is -3.56. The fraction of sp³-hybridized carbons (Fsp3) is 0.385. The lowest BCUT2D eigenvalue weighted by molar-refractivity contribution is -0.139. The topological polar surface area (TPSA) is 127 Å². The molecule has 0 aliphatic carbocycles. The van der Waals surface area contributed by atoms with E-state index in [4.69, 9.17) is 10.2 Å². The summed E-state index contributed by atoms with van der Waals surface area (Å²) in [5, 5.41) is 16.1. The number of carbonyl (C=O) groups excluding carboxylic acids is 2. The Morgan fingerprint density at radius 1 is 0.810 bits per heavy atom. The van der Waals surface area contributed by atoms with Crippen molar-refractivity contribution in [1.29, 1.82) is 0 Å². The van der Waals surface area contributed by atoms with Crippen LogP contribution in [-0.2, 0) is 28.7 Å². The third-order valence-electron chi connectivity index (χ3n) is 1.46. The summed E-state index contributed by atoms with van der Waals surface area (Å²) in [4.78, 5) is 40.6. The molecule has 0 unspecified atom stereocenters. The Morgan fingerprint density at radius 3 is 1.57 bits per heavy atom. The van der Waals surface area contributed by atoms with Crippen molar-refractivity contribution in [2.75, 3.05) is 13.2 Å². The molecule has 0 saturated carbocycles. The first kappa shape index (κ1) is 20.7. The van der Waals surface area contributed by atoms with Crippen LogP contribution < -0.4 is 0 Å². The van der Waals surface area contributed by atoms with Crippen molar-refractivity contribution in [1.82, 2.24) is 0 Å². The molecule has 0 radical (unpaired) electrons. The minimum Gasteiger partial charge on any atom is -0.478 e. The lowest BCUT2D eigenvalue weighted by atomic mass is 10.5. The molecule has 0 aliphatic heterocycles. The van der Waals surface area contributed by atoms with Gasteiger partial charge < -0.3 is 19.7 Å². The molecular weight excluding hydrogens is 284 g/mol. The Hall–Kier alpha value is -2.64. The molecule has 0 aliphatic rings. The number of ether oxygens (including phenoxy) is 2. The van der Waals surface area contributed by atoms with E-state index in [1.54, 1.807) is 6.92 Å². The highest BCUT2D eigenvalue weighted by atomic mass is 16.5. The number of aliphatic carboxylic acids is 2. The maximum atomic E-state index is 10.5. The second-order valence-corrected chi connectivity index (χ2v) is 3.26. The van der Waals surface area contributed by atoms with Gasteiger partial charge >= 0.3 is 23.9 Å². The fourth-order valence-corrected chi connectivity index (χ4v) is 0.720. The largest absolute Gasteiger partial charge is 0.478 e. The van der Waals surface area contributed by atoms with E-state index < -0.39 is 23.9 Å². The molecule has 0 aromatic rings. The van der Waals surface area contributed by atoms with Crippen LogP contribution in [0.3, 0.4) is 0 Å². The minimum atomic E-state index is -1.16. The van der Waals surface area contributed by atoms with E-state index in [2.05, 4.69) is 9.47 Å². The zero-order valence-corrected chi connectivity index (χ0v) is 11.8. The van der Waals surface area contributed by atoms with Crippen LogP contribution in [0.1, 0.15) is 20.3 Å². The smallest absolute Gasteiger partial charge is 0.331 e. The molecule has 0 aromatic carbocycles. The van der Waals surface area contributed by atoms with Crippen LogP contribution in [-0.4, -0.2) is 47.3 Å². The standard InChI is InChI=1S/C7H10O4.C6H8O4/c1-2-5-11-7(10)4-3-6(8)9;1-2-10-6(9)4-3-5(7)8/h3-4H,2,5H2,1H3,(H,8,9);3-4H,2H2,1H3,(H,7,8)/b2*4-3-. The molecule has 0 aromatic heterocycles. The molecule has 2 N–H and O–H groups in total. The summed E-state index contributed by atoms with van der Waals surface area (Å²) >= 11 is 0. The molecule has 0 amide bonds. The monoisotopic (exact) mass is 302 g/mol. The van der Waals surface area contributed by atoms with Crippen LogP contribution >= 0.6 is 0 Å². The van der Waals surface area contributed by atoms with Gasteiger partial charge in [-0.2, -0.15) is 0 Å². The quantitative estimate of drug-likeness (QED) is 0.521. The Bertz CT molecular complexity index is 408. The van der Waals surface area contributed by atoms with E-state index >= 15 is 0 Å². The first-order chi connectivity index (χ1) is 9.83. The second-order valence-electron chi connectivity index (χ2n) is 3.26. The Balaban J connectivity index is 0. The molecule has 21 heavy (non-hydrogen) atoms. The number of carboxylic acid groups (broad SMARTS) is 2. The van der Waals surface area contributed by atoms with Crippen molar-refractivity contribution >= 4 is 23.9 Å². The van der Waals surface area contributed by atoms with Gasteiger partial charge in [0.05, 0.1) is 13.2 Å². The van der Waals surface area contributed by atoms with Crippen LogP contribution in [0.5, 0.6) is 0 Å². The lowest BCUT2D eigenvalue weighted by Crippen LogP contribution is -2.02. The van der Waals surface area contributed by atoms with Crippen molar-refractivity contribution in [3.8, 4) is 0 Å². The van der Waals surface area contributed by atoms with Crippen LogP contribution in [0.4, 0.5) is 0 Å². The summed E-state index contributed by atoms with van der Waals surface area (Å²) in [5.41, 5.74) is 0. The summed E-state index contributed by atoms with van der Waals surface area (Å²) in [6, 6.07) is 0. The van der Waals surface area contributed by atoms with E-state index in [1.807, 2.05) is 6.92 Å². The number of hydrogen-bond acceptors (Lipinski definition) is 6. The summed E-state index contributed by atoms with van der Waals surface area (Å²) in [6.45, 7) is 4.08. The van der Waals surface area contributed by atoms with Gasteiger partial charge in [-0.25, -0.2) is 19.2 Å². The Labute approximate surface area is 121 Å². The summed E-state index contributed by atoms with van der Waals surface area (Å²) in [6.07, 6.45) is 3.96. The number of carboxylic acids is 2. The fourth-order valence-electron chi connectivity index (χ4n) is 0.720. The summed E-state index contributed by atoms with van der Waals surface area (Å²) < 4.78 is 8.96. The van der Waals surface area contributed by atoms with Crippen LogP contribution in [0.2, 0.25) is 0 Å². The normalized spacial score (nSPS) is 9.81. The highest BCUT2D eigenvalue weighted by molar-refractivity contribution is 5.91. The molecule has 0 fully saturated rings. The molecule has 8 heteroatoms. The van der Waals surface area contributed by atoms with E-state index in [-0.39, 0.29) is 6.61 Å². The third-order valence-corrected chi connectivity index (χ3v) is 1.46. The molecule has 0 heterocycles. The van der Waals surface area contributed by atoms with Gasteiger partial charge in [0.15, 0.2) is 0 Å². The predicted octanol–water partition coefficient (Wildman–Crippen LogP) is 0.771. The maximum absolute atomic E-state index is 10.5. The SMILES string of the molecule is CCCOC(=O)/C=C\C(=O)O.CCOC(=O)/C=C\C(=O)O. The average Bonchev–Trinajstić information content (AvgIpc) is 2.41. The van der Waals surface area contributed by atoms with Gasteiger partial charge in [0.2, 0.25) is 0 Å². The van der Waals surface area contributed by atoms with E-state index in [0.29, 0.717) is 6.61 Å². The molecule has 118 valence electrons. The van der Waals surface area contributed by atoms with Crippen LogP contribution in [0.15, 0.2) is 24.3 Å². The molecular formula is C13H18O8. The van der Waals surface area contributed by atoms with Gasteiger partial charge in [-0.05, 0) is 13.3 Å². The van der Waals surface area contributed by atoms with Crippen molar-refractivity contribution in [2.24, 2.45) is 0 Å². The Morgan fingerprint density at radius 2 is 1.24 bits per heavy atom. The van der Waals surface area contributed by atoms with Gasteiger partial charge in [0.25, 0.3) is 0 Å². The first-order valence-corrected chi connectivity index (χ1v) is 5.98. The van der Waals surface area contributed by atoms with E-state index in [0.717, 1.165) is 30.7 Å². The van der Waals surface area contributed by atoms with Gasteiger partial charge in [-0.15, -0.1) is 0 Å². The van der Waals surface area contributed by atoms with E-state index in [1.165, 1.54) is 0 Å². The highest BCUT2D eigenvalue weighted by Crippen LogP contribution is 1.84. The van der Waals surface area contributed by atoms with Gasteiger partial charge in [0.1, 0.15) is 0 Å². The summed E-state index contributed by atoms with van der Waals surface area (Å²) in [7, 11) is 0. The molecule has 0 spiro atoms. The minimum absolute atomic E-state index is 0.253. The van der Waals surface area contributed by atoms with Crippen LogP contribution in [0.25, 0.3) is 0 Å². The van der Waals surface area contributed by atoms with E-state index in [9.17, 15) is 19.2 Å². The highest BCUT2D eigenvalue weighted by Gasteiger charge is 1.95. The van der Waals surface area contributed by atoms with Gasteiger partial charge in [0, 0.05) is 24.3 Å². The van der Waals surface area contributed by atoms with Crippen molar-refractivity contribution in [2.45, 2.75) is 20.3 Å². The van der Waals surface area contributed by atoms with Crippen molar-refractivity contribution < 1.29 is 38.9 Å². The number of esters is 2. The number of hydrogen-bond donors (Lipinski definition) is 2. The second kappa shape index (κ2) is 13.8. The first-order valence-electron chi connectivity index (χ1n) is 5.98. The van der Waals surface area contributed by atoms with Crippen molar-refractivity contribution in [3.05, 3.63) is 24.3 Å². The third kappa shape index (κ3) is 19.9. The van der Waals surface area contributed by atoms with Crippen molar-refractivity contribution in [3.63, 3.8) is 0 Å². The molecule has 0 rings (SSSR count). The maximum Gasteiger partial charge on any atom is 0.331 e. The van der Waals surface area contributed by atoms with Crippen LogP contribution in [0, 0.1) is 0 Å². The predicted molar refractivity (Wildman–Crippen MR) is 71.4 cm³/mol. The lowest BCUT2D eigenvalue weighted by Gasteiger charge is -1.95. The van der Waals surface area contributed by atoms with Gasteiger partial charge in [-0.3, -0.25) is 0 Å². The Kier molecular flexibility index (Phi) is 13.6. The molecule has 0 atom stereocenters.